The zero-order chi connectivity index (χ0) is 13.9. The van der Waals surface area contributed by atoms with E-state index in [0.717, 1.165) is 12.0 Å². The van der Waals surface area contributed by atoms with E-state index in [0.29, 0.717) is 34.5 Å². The predicted octanol–water partition coefficient (Wildman–Crippen LogP) is 3.60. The summed E-state index contributed by atoms with van der Waals surface area (Å²) in [6.45, 7) is 5.83. The monoisotopic (exact) mass is 316 g/mol. The van der Waals surface area contributed by atoms with Crippen LogP contribution in [0.2, 0.25) is 0 Å². The molecule has 5 nitrogen and oxygen atoms in total. The summed E-state index contributed by atoms with van der Waals surface area (Å²) in [6, 6.07) is 0. The van der Waals surface area contributed by atoms with E-state index in [4.69, 9.17) is 10.5 Å². The number of hydrogen-bond acceptors (Lipinski definition) is 4. The summed E-state index contributed by atoms with van der Waals surface area (Å²) in [5, 5.41) is 11.2. The Hall–Kier alpha value is -1.30. The van der Waals surface area contributed by atoms with Crippen molar-refractivity contribution in [1.82, 2.24) is 0 Å². The number of ether oxygens (including phenoxy) is 1. The molecule has 0 heterocycles. The summed E-state index contributed by atoms with van der Waals surface area (Å²) >= 11 is 3.41. The lowest BCUT2D eigenvalue weighted by Gasteiger charge is -2.16. The molecule has 0 spiro atoms. The Morgan fingerprint density at radius 2 is 2.06 bits per heavy atom. The van der Waals surface area contributed by atoms with Gasteiger partial charge in [0.25, 0.3) is 0 Å². The molecule has 0 unspecified atom stereocenters. The van der Waals surface area contributed by atoms with E-state index in [1.54, 1.807) is 13.8 Å². The number of rotatable bonds is 5. The second-order valence-electron chi connectivity index (χ2n) is 3.95. The number of hydrogen-bond donors (Lipinski definition) is 1. The van der Waals surface area contributed by atoms with Gasteiger partial charge in [-0.1, -0.05) is 13.3 Å². The van der Waals surface area contributed by atoms with Gasteiger partial charge < -0.3 is 10.5 Å². The molecule has 0 radical (unpaired) electrons. The van der Waals surface area contributed by atoms with Crippen LogP contribution in [-0.4, -0.2) is 11.5 Å². The molecule has 0 aromatic heterocycles. The highest BCUT2D eigenvalue weighted by Crippen LogP contribution is 2.44. The van der Waals surface area contributed by atoms with E-state index >= 15 is 0 Å². The number of nitro benzene ring substituents is 1. The highest BCUT2D eigenvalue weighted by molar-refractivity contribution is 9.10. The van der Waals surface area contributed by atoms with Crippen LogP contribution in [0.1, 0.15) is 31.4 Å². The molecule has 0 fully saturated rings. The second kappa shape index (κ2) is 6.04. The maximum absolute atomic E-state index is 11.2. The number of benzene rings is 1. The topological polar surface area (TPSA) is 78.4 Å². The summed E-state index contributed by atoms with van der Waals surface area (Å²) in [5.74, 6) is 0.336. The molecular weight excluding hydrogens is 300 g/mol. The fourth-order valence-corrected chi connectivity index (χ4v) is 2.54. The molecule has 0 aliphatic carbocycles. The molecule has 100 valence electrons. The van der Waals surface area contributed by atoms with E-state index in [1.807, 2.05) is 6.92 Å². The van der Waals surface area contributed by atoms with E-state index in [-0.39, 0.29) is 5.69 Å². The van der Waals surface area contributed by atoms with E-state index < -0.39 is 4.92 Å². The summed E-state index contributed by atoms with van der Waals surface area (Å²) in [5.41, 5.74) is 7.51. The fraction of sp³-hybridized carbons (Fsp3) is 0.500. The third-order valence-corrected chi connectivity index (χ3v) is 3.63. The van der Waals surface area contributed by atoms with Gasteiger partial charge in [0.2, 0.25) is 5.75 Å². The molecule has 0 amide bonds. The highest BCUT2D eigenvalue weighted by atomic mass is 79.9. The van der Waals surface area contributed by atoms with Gasteiger partial charge in [0.1, 0.15) is 0 Å². The predicted molar refractivity (Wildman–Crippen MR) is 75.1 cm³/mol. The Kier molecular flexibility index (Phi) is 4.95. The SMILES string of the molecule is CCCc1c(Br)c(N)c(C)c([N+](=O)[O-])c1OCC. The molecule has 1 aromatic rings. The Bertz CT molecular complexity index is 475. The number of nitro groups is 1. The summed E-state index contributed by atoms with van der Waals surface area (Å²) < 4.78 is 6.18. The number of nitrogens with zero attached hydrogens (tertiary/aromatic N) is 1. The van der Waals surface area contributed by atoms with E-state index in [2.05, 4.69) is 15.9 Å². The third kappa shape index (κ3) is 2.58. The number of nitrogen functional groups attached to an aromatic ring is 1. The highest BCUT2D eigenvalue weighted by Gasteiger charge is 2.27. The van der Waals surface area contributed by atoms with Crippen LogP contribution in [0.5, 0.6) is 5.75 Å². The van der Waals surface area contributed by atoms with Gasteiger partial charge in [-0.3, -0.25) is 10.1 Å². The van der Waals surface area contributed by atoms with Gasteiger partial charge in [-0.2, -0.15) is 0 Å². The van der Waals surface area contributed by atoms with Crippen molar-refractivity contribution in [1.29, 1.82) is 0 Å². The first-order chi connectivity index (χ1) is 8.45. The Morgan fingerprint density at radius 3 is 2.50 bits per heavy atom. The molecule has 6 heteroatoms. The minimum Gasteiger partial charge on any atom is -0.487 e. The van der Waals surface area contributed by atoms with Crippen LogP contribution in [0.4, 0.5) is 11.4 Å². The van der Waals surface area contributed by atoms with Gasteiger partial charge in [-0.15, -0.1) is 0 Å². The Labute approximate surface area is 115 Å². The van der Waals surface area contributed by atoms with Gasteiger partial charge in [0, 0.05) is 10.0 Å². The molecular formula is C12H17BrN2O3. The minimum atomic E-state index is -0.428. The van der Waals surface area contributed by atoms with Crippen molar-refractivity contribution in [2.24, 2.45) is 0 Å². The maximum atomic E-state index is 11.2. The molecule has 2 N–H and O–H groups in total. The summed E-state index contributed by atoms with van der Waals surface area (Å²) in [6.07, 6.45) is 1.54. The van der Waals surface area contributed by atoms with E-state index in [1.165, 1.54) is 0 Å². The molecule has 0 saturated carbocycles. The van der Waals surface area contributed by atoms with Crippen LogP contribution in [-0.2, 0) is 6.42 Å². The molecule has 0 bridgehead atoms. The van der Waals surface area contributed by atoms with Gasteiger partial charge in [-0.25, -0.2) is 0 Å². The van der Waals surface area contributed by atoms with Crippen LogP contribution >= 0.6 is 15.9 Å². The van der Waals surface area contributed by atoms with Crippen molar-refractivity contribution >= 4 is 27.3 Å². The maximum Gasteiger partial charge on any atom is 0.316 e. The first-order valence-corrected chi connectivity index (χ1v) is 6.62. The summed E-state index contributed by atoms with van der Waals surface area (Å²) in [7, 11) is 0. The molecule has 1 rings (SSSR count). The van der Waals surface area contributed by atoms with Crippen molar-refractivity contribution in [2.75, 3.05) is 12.3 Å². The van der Waals surface area contributed by atoms with Gasteiger partial charge in [0.05, 0.1) is 22.8 Å². The lowest BCUT2D eigenvalue weighted by molar-refractivity contribution is -0.386. The minimum absolute atomic E-state index is 0.0269. The molecule has 1 aromatic carbocycles. The van der Waals surface area contributed by atoms with Crippen LogP contribution in [0, 0.1) is 17.0 Å². The van der Waals surface area contributed by atoms with Gasteiger partial charge >= 0.3 is 5.69 Å². The largest absolute Gasteiger partial charge is 0.487 e. The van der Waals surface area contributed by atoms with E-state index in [9.17, 15) is 10.1 Å². The fourth-order valence-electron chi connectivity index (χ4n) is 1.86. The van der Waals surface area contributed by atoms with Crippen LogP contribution in [0.25, 0.3) is 0 Å². The second-order valence-corrected chi connectivity index (χ2v) is 4.74. The van der Waals surface area contributed by atoms with Crippen molar-refractivity contribution in [2.45, 2.75) is 33.6 Å². The lowest BCUT2D eigenvalue weighted by Crippen LogP contribution is -2.07. The van der Waals surface area contributed by atoms with Crippen molar-refractivity contribution < 1.29 is 9.66 Å². The van der Waals surface area contributed by atoms with Crippen molar-refractivity contribution in [3.05, 3.63) is 25.7 Å². The number of anilines is 1. The molecule has 18 heavy (non-hydrogen) atoms. The zero-order valence-electron chi connectivity index (χ0n) is 10.7. The Morgan fingerprint density at radius 1 is 1.44 bits per heavy atom. The molecule has 0 aliphatic rings. The quantitative estimate of drug-likeness (QED) is 0.511. The normalized spacial score (nSPS) is 10.4. The van der Waals surface area contributed by atoms with Crippen molar-refractivity contribution in [3.8, 4) is 5.75 Å². The van der Waals surface area contributed by atoms with Crippen molar-refractivity contribution in [3.63, 3.8) is 0 Å². The first-order valence-electron chi connectivity index (χ1n) is 5.83. The summed E-state index contributed by atoms with van der Waals surface area (Å²) in [4.78, 5) is 10.8. The number of halogens is 1. The average Bonchev–Trinajstić information content (AvgIpc) is 2.31. The molecule has 0 atom stereocenters. The number of nitrogens with two attached hydrogens (primary N) is 1. The van der Waals surface area contributed by atoms with Gasteiger partial charge in [-0.05, 0) is 36.2 Å². The van der Waals surface area contributed by atoms with Crippen LogP contribution in [0.15, 0.2) is 4.47 Å². The molecule has 0 aliphatic heterocycles. The third-order valence-electron chi connectivity index (χ3n) is 2.72. The lowest BCUT2D eigenvalue weighted by atomic mass is 10.0. The Balaban J connectivity index is 3.62. The van der Waals surface area contributed by atoms with Gasteiger partial charge in [0.15, 0.2) is 0 Å². The molecule has 0 saturated heterocycles. The standard InChI is InChI=1S/C12H17BrN2O3/c1-4-6-8-9(13)10(14)7(3)11(15(16)17)12(8)18-5-2/h4-6,14H2,1-3H3. The first kappa shape index (κ1) is 14.8. The zero-order valence-corrected chi connectivity index (χ0v) is 12.3. The van der Waals surface area contributed by atoms with Crippen LogP contribution in [0.3, 0.4) is 0 Å². The smallest absolute Gasteiger partial charge is 0.316 e. The average molecular weight is 317 g/mol. The van der Waals surface area contributed by atoms with Crippen LogP contribution < -0.4 is 10.5 Å².